The first kappa shape index (κ1) is 20.1. The molecule has 0 saturated heterocycles. The van der Waals surface area contributed by atoms with Crippen LogP contribution in [0.1, 0.15) is 28.0 Å². The third kappa shape index (κ3) is 5.66. The molecule has 0 aliphatic heterocycles. The van der Waals surface area contributed by atoms with Crippen molar-refractivity contribution in [2.24, 2.45) is 0 Å². The number of aromatic nitrogens is 2. The molecular formula is C21H21BrFN3O2. The Labute approximate surface area is 171 Å². The maximum atomic E-state index is 12.9. The highest BCUT2D eigenvalue weighted by atomic mass is 79.9. The van der Waals surface area contributed by atoms with E-state index in [-0.39, 0.29) is 11.7 Å². The van der Waals surface area contributed by atoms with Crippen molar-refractivity contribution in [2.45, 2.75) is 26.5 Å². The van der Waals surface area contributed by atoms with Crippen molar-refractivity contribution >= 4 is 21.8 Å². The Morgan fingerprint density at radius 2 is 1.89 bits per heavy atom. The fourth-order valence-electron chi connectivity index (χ4n) is 2.60. The van der Waals surface area contributed by atoms with Crippen LogP contribution in [0.5, 0.6) is 5.75 Å². The Bertz CT molecular complexity index is 904. The average molecular weight is 446 g/mol. The van der Waals surface area contributed by atoms with Crippen molar-refractivity contribution in [1.29, 1.82) is 0 Å². The zero-order valence-electron chi connectivity index (χ0n) is 15.5. The summed E-state index contributed by atoms with van der Waals surface area (Å²) in [5.74, 6) is 0.196. The molecular weight excluding hydrogens is 425 g/mol. The Hall–Kier alpha value is -2.67. The molecule has 0 saturated carbocycles. The summed E-state index contributed by atoms with van der Waals surface area (Å²) in [5.41, 5.74) is 2.48. The van der Waals surface area contributed by atoms with Gasteiger partial charge in [-0.05, 0) is 71.2 Å². The maximum Gasteiger partial charge on any atom is 0.251 e. The highest BCUT2D eigenvalue weighted by Crippen LogP contribution is 2.14. The molecule has 1 heterocycles. The molecule has 146 valence electrons. The summed E-state index contributed by atoms with van der Waals surface area (Å²) in [6.45, 7) is 3.61. The molecule has 1 N–H and O–H groups in total. The van der Waals surface area contributed by atoms with Gasteiger partial charge in [0.25, 0.3) is 5.91 Å². The number of ether oxygens (including phenoxy) is 1. The Morgan fingerprint density at radius 3 is 2.54 bits per heavy atom. The van der Waals surface area contributed by atoms with Crippen molar-refractivity contribution in [2.75, 3.05) is 6.54 Å². The highest BCUT2D eigenvalue weighted by molar-refractivity contribution is 9.10. The Morgan fingerprint density at radius 1 is 1.18 bits per heavy atom. The molecule has 0 radical (unpaired) electrons. The minimum Gasteiger partial charge on any atom is -0.489 e. The van der Waals surface area contributed by atoms with Gasteiger partial charge in [0.1, 0.15) is 18.2 Å². The first-order chi connectivity index (χ1) is 13.5. The number of amides is 1. The molecule has 1 amide bonds. The lowest BCUT2D eigenvalue weighted by Gasteiger charge is -2.08. The lowest BCUT2D eigenvalue weighted by molar-refractivity contribution is 0.0952. The van der Waals surface area contributed by atoms with Crippen molar-refractivity contribution in [3.63, 3.8) is 0 Å². The molecule has 0 bridgehead atoms. The lowest BCUT2D eigenvalue weighted by Crippen LogP contribution is -2.25. The predicted octanol–water partition coefficient (Wildman–Crippen LogP) is 4.49. The molecule has 0 atom stereocenters. The zero-order valence-corrected chi connectivity index (χ0v) is 17.1. The SMILES string of the molecule is Cc1nn(CCCNC(=O)c2ccc(COc3ccc(F)cc3)cc2)cc1Br. The van der Waals surface area contributed by atoms with Crippen LogP contribution in [0.25, 0.3) is 0 Å². The van der Waals surface area contributed by atoms with Gasteiger partial charge in [-0.15, -0.1) is 0 Å². The molecule has 2 aromatic carbocycles. The highest BCUT2D eigenvalue weighted by Gasteiger charge is 2.06. The summed E-state index contributed by atoms with van der Waals surface area (Å²) >= 11 is 3.43. The van der Waals surface area contributed by atoms with Crippen LogP contribution in [-0.2, 0) is 13.2 Å². The molecule has 28 heavy (non-hydrogen) atoms. The number of aryl methyl sites for hydroxylation is 2. The molecule has 1 aromatic heterocycles. The van der Waals surface area contributed by atoms with Gasteiger partial charge in [0.05, 0.1) is 10.2 Å². The van der Waals surface area contributed by atoms with Gasteiger partial charge in [-0.1, -0.05) is 12.1 Å². The fraction of sp³-hybridized carbons (Fsp3) is 0.238. The van der Waals surface area contributed by atoms with Gasteiger partial charge in [-0.3, -0.25) is 9.48 Å². The van der Waals surface area contributed by atoms with Crippen molar-refractivity contribution < 1.29 is 13.9 Å². The zero-order chi connectivity index (χ0) is 19.9. The van der Waals surface area contributed by atoms with E-state index in [1.54, 1.807) is 24.3 Å². The van der Waals surface area contributed by atoms with Gasteiger partial charge in [0.15, 0.2) is 0 Å². The molecule has 3 rings (SSSR count). The first-order valence-corrected chi connectivity index (χ1v) is 9.75. The third-order valence-corrected chi connectivity index (χ3v) is 4.95. The molecule has 0 spiro atoms. The number of carbonyl (C=O) groups excluding carboxylic acids is 1. The number of nitrogens with one attached hydrogen (secondary N) is 1. The molecule has 0 aliphatic carbocycles. The van der Waals surface area contributed by atoms with Gasteiger partial charge in [-0.25, -0.2) is 4.39 Å². The quantitative estimate of drug-likeness (QED) is 0.519. The van der Waals surface area contributed by atoms with Gasteiger partial charge in [-0.2, -0.15) is 5.10 Å². The standard InChI is InChI=1S/C21H21BrFN3O2/c1-15-20(22)13-26(25-15)12-2-11-24-21(27)17-5-3-16(4-6-17)14-28-19-9-7-18(23)8-10-19/h3-10,13H,2,11-12,14H2,1H3,(H,24,27). The number of hydrogen-bond donors (Lipinski definition) is 1. The van der Waals surface area contributed by atoms with Gasteiger partial charge in [0, 0.05) is 24.8 Å². The number of carbonyl (C=O) groups is 1. The largest absolute Gasteiger partial charge is 0.489 e. The van der Waals surface area contributed by atoms with Gasteiger partial charge in [0.2, 0.25) is 0 Å². The van der Waals surface area contributed by atoms with E-state index >= 15 is 0 Å². The summed E-state index contributed by atoms with van der Waals surface area (Å²) < 4.78 is 21.3. The van der Waals surface area contributed by atoms with Crippen LogP contribution in [0.3, 0.4) is 0 Å². The number of nitrogens with zero attached hydrogens (tertiary/aromatic N) is 2. The smallest absolute Gasteiger partial charge is 0.251 e. The van der Waals surface area contributed by atoms with Crippen molar-refractivity contribution in [3.8, 4) is 5.75 Å². The van der Waals surface area contributed by atoms with E-state index < -0.39 is 0 Å². The van der Waals surface area contributed by atoms with Crippen molar-refractivity contribution in [1.82, 2.24) is 15.1 Å². The monoisotopic (exact) mass is 445 g/mol. The third-order valence-electron chi connectivity index (χ3n) is 4.17. The van der Waals surface area contributed by atoms with E-state index in [1.165, 1.54) is 12.1 Å². The second kappa shape index (κ2) is 9.50. The van der Waals surface area contributed by atoms with E-state index in [2.05, 4.69) is 26.3 Å². The molecule has 5 nitrogen and oxygen atoms in total. The van der Waals surface area contributed by atoms with Crippen molar-refractivity contribution in [3.05, 3.63) is 81.8 Å². The van der Waals surface area contributed by atoms with Crippen LogP contribution in [0, 0.1) is 12.7 Å². The normalized spacial score (nSPS) is 10.7. The van der Waals surface area contributed by atoms with Crippen LogP contribution in [0.15, 0.2) is 59.2 Å². The molecule has 3 aromatic rings. The molecule has 0 fully saturated rings. The summed E-state index contributed by atoms with van der Waals surface area (Å²) in [6, 6.07) is 13.1. The molecule has 7 heteroatoms. The van der Waals surface area contributed by atoms with E-state index in [4.69, 9.17) is 4.74 Å². The van der Waals surface area contributed by atoms with E-state index in [0.717, 1.165) is 28.7 Å². The predicted molar refractivity (Wildman–Crippen MR) is 109 cm³/mol. The average Bonchev–Trinajstić information content (AvgIpc) is 3.02. The van der Waals surface area contributed by atoms with Crippen LogP contribution in [0.2, 0.25) is 0 Å². The minimum atomic E-state index is -0.296. The Kier molecular flexibility index (Phi) is 6.81. The maximum absolute atomic E-state index is 12.9. The second-order valence-corrected chi connectivity index (χ2v) is 7.23. The summed E-state index contributed by atoms with van der Waals surface area (Å²) in [7, 11) is 0. The lowest BCUT2D eigenvalue weighted by atomic mass is 10.1. The Balaban J connectivity index is 1.42. The van der Waals surface area contributed by atoms with E-state index in [1.807, 2.05) is 29.9 Å². The topological polar surface area (TPSA) is 56.2 Å². The van der Waals surface area contributed by atoms with Crippen LogP contribution >= 0.6 is 15.9 Å². The summed E-state index contributed by atoms with van der Waals surface area (Å²) in [4.78, 5) is 12.2. The van der Waals surface area contributed by atoms with Gasteiger partial charge >= 0.3 is 0 Å². The second-order valence-electron chi connectivity index (χ2n) is 6.37. The summed E-state index contributed by atoms with van der Waals surface area (Å²) in [5, 5.41) is 7.28. The number of rotatable bonds is 8. The van der Waals surface area contributed by atoms with Crippen LogP contribution in [0.4, 0.5) is 4.39 Å². The first-order valence-electron chi connectivity index (χ1n) is 8.96. The van der Waals surface area contributed by atoms with E-state index in [9.17, 15) is 9.18 Å². The minimum absolute atomic E-state index is 0.108. The van der Waals surface area contributed by atoms with Crippen LogP contribution < -0.4 is 10.1 Å². The van der Waals surface area contributed by atoms with Gasteiger partial charge < -0.3 is 10.1 Å². The van der Waals surface area contributed by atoms with Crippen LogP contribution in [-0.4, -0.2) is 22.2 Å². The number of halogens is 2. The summed E-state index contributed by atoms with van der Waals surface area (Å²) in [6.07, 6.45) is 2.73. The molecule has 0 aliphatic rings. The molecule has 0 unspecified atom stereocenters. The number of benzene rings is 2. The van der Waals surface area contributed by atoms with E-state index in [0.29, 0.717) is 24.5 Å². The number of hydrogen-bond acceptors (Lipinski definition) is 3. The fourth-order valence-corrected chi connectivity index (χ4v) is 2.92.